The molecule has 0 N–H and O–H groups in total. The number of carbonyl (C=O) groups is 1. The average molecular weight is 573 g/mol. The van der Waals surface area contributed by atoms with Crippen molar-refractivity contribution in [1.82, 2.24) is 4.90 Å². The second-order valence-corrected chi connectivity index (χ2v) is 7.23. The number of nitrogens with zero attached hydrogens (tertiary/aromatic N) is 1. The van der Waals surface area contributed by atoms with E-state index in [1.54, 1.807) is 0 Å². The molecule has 0 aromatic carbocycles. The van der Waals surface area contributed by atoms with Crippen LogP contribution >= 0.6 is 0 Å². The number of likely N-dealkylation sites (N-methyl/N-ethyl adjacent to an activating group) is 1. The second kappa shape index (κ2) is 10.1. The SMILES string of the molecule is C=CC(=O)N(CC)CCCCC(F)(F)C(F)(F)C(F)(F)C(F)(F)C(F)(F)C(F)(F)C(F)(F)C(F)(F)F. The molecule has 19 heteroatoms. The molecule has 0 aliphatic carbocycles. The number of alkyl halides is 17. The number of rotatable bonds is 13. The normalized spacial score (nSPS) is 15.2. The molecule has 0 rings (SSSR count). The molecular formula is C17H16F17NO. The summed E-state index contributed by atoms with van der Waals surface area (Å²) >= 11 is 0. The first-order valence-electron chi connectivity index (χ1n) is 9.28. The standard InChI is InChI=1S/C17H16F17NO/c1-3-9(36)35(4-2)8-6-5-7-10(18,19)11(20,21)12(22,23)13(24,25)14(26,27)15(28,29)16(30,31)17(32,33)34/h3H,1,4-8H2,2H3. The fourth-order valence-electron chi connectivity index (χ4n) is 2.56. The van der Waals surface area contributed by atoms with Crippen molar-refractivity contribution < 1.29 is 79.4 Å². The number of hydrogen-bond acceptors (Lipinski definition) is 1. The van der Waals surface area contributed by atoms with Crippen LogP contribution in [0.4, 0.5) is 74.6 Å². The van der Waals surface area contributed by atoms with E-state index in [4.69, 9.17) is 0 Å². The predicted octanol–water partition coefficient (Wildman–Crippen LogP) is 7.20. The molecular weight excluding hydrogens is 557 g/mol. The van der Waals surface area contributed by atoms with Gasteiger partial charge >= 0.3 is 47.6 Å². The van der Waals surface area contributed by atoms with Gasteiger partial charge in [0.15, 0.2) is 0 Å². The highest BCUT2D eigenvalue weighted by molar-refractivity contribution is 5.86. The van der Waals surface area contributed by atoms with Gasteiger partial charge in [-0.2, -0.15) is 74.6 Å². The lowest BCUT2D eigenvalue weighted by Gasteiger charge is -2.42. The first-order chi connectivity index (χ1) is 15.7. The van der Waals surface area contributed by atoms with Crippen LogP contribution < -0.4 is 0 Å². The van der Waals surface area contributed by atoms with Crippen molar-refractivity contribution in [2.75, 3.05) is 13.1 Å². The molecule has 0 saturated heterocycles. The van der Waals surface area contributed by atoms with Crippen LogP contribution in [-0.4, -0.2) is 71.5 Å². The predicted molar refractivity (Wildman–Crippen MR) is 87.0 cm³/mol. The van der Waals surface area contributed by atoms with Gasteiger partial charge in [0.2, 0.25) is 5.91 Å². The van der Waals surface area contributed by atoms with Crippen LogP contribution in [0, 0.1) is 0 Å². The van der Waals surface area contributed by atoms with Crippen molar-refractivity contribution in [2.24, 2.45) is 0 Å². The van der Waals surface area contributed by atoms with Crippen LogP contribution in [0.15, 0.2) is 12.7 Å². The van der Waals surface area contributed by atoms with Crippen LogP contribution in [0.3, 0.4) is 0 Å². The van der Waals surface area contributed by atoms with Crippen LogP contribution in [0.5, 0.6) is 0 Å². The largest absolute Gasteiger partial charge is 0.460 e. The Bertz CT molecular complexity index is 787. The fourth-order valence-corrected chi connectivity index (χ4v) is 2.56. The van der Waals surface area contributed by atoms with E-state index >= 15 is 0 Å². The number of carbonyl (C=O) groups excluding carboxylic acids is 1. The monoisotopic (exact) mass is 573 g/mol. The van der Waals surface area contributed by atoms with Crippen molar-refractivity contribution >= 4 is 5.91 Å². The van der Waals surface area contributed by atoms with Gasteiger partial charge in [0, 0.05) is 19.5 Å². The summed E-state index contributed by atoms with van der Waals surface area (Å²) in [6, 6.07) is 0. The topological polar surface area (TPSA) is 20.3 Å². The quantitative estimate of drug-likeness (QED) is 0.130. The highest BCUT2D eigenvalue weighted by Crippen LogP contribution is 2.64. The molecule has 0 radical (unpaired) electrons. The Morgan fingerprint density at radius 3 is 1.33 bits per heavy atom. The maximum atomic E-state index is 13.7. The van der Waals surface area contributed by atoms with Crippen LogP contribution in [0.1, 0.15) is 26.2 Å². The lowest BCUT2D eigenvalue weighted by atomic mass is 9.88. The first-order valence-corrected chi connectivity index (χ1v) is 9.28. The zero-order valence-corrected chi connectivity index (χ0v) is 17.6. The Morgan fingerprint density at radius 1 is 0.639 bits per heavy atom. The molecule has 2 nitrogen and oxygen atoms in total. The lowest BCUT2D eigenvalue weighted by molar-refractivity contribution is -0.461. The fraction of sp³-hybridized carbons (Fsp3) is 0.824. The smallest absolute Gasteiger partial charge is 0.339 e. The summed E-state index contributed by atoms with van der Waals surface area (Å²) in [6.45, 7) is 3.78. The van der Waals surface area contributed by atoms with Crippen LogP contribution in [-0.2, 0) is 4.79 Å². The Kier molecular flexibility index (Phi) is 9.50. The summed E-state index contributed by atoms with van der Waals surface area (Å²) in [5.41, 5.74) is 0. The minimum absolute atomic E-state index is 0.104. The summed E-state index contributed by atoms with van der Waals surface area (Å²) in [7, 11) is 0. The van der Waals surface area contributed by atoms with Gasteiger partial charge in [0.1, 0.15) is 0 Å². The molecule has 0 atom stereocenters. The molecule has 36 heavy (non-hydrogen) atoms. The zero-order valence-electron chi connectivity index (χ0n) is 17.6. The van der Waals surface area contributed by atoms with E-state index in [-0.39, 0.29) is 6.54 Å². The summed E-state index contributed by atoms with van der Waals surface area (Å²) in [4.78, 5) is 12.2. The Labute approximate surface area is 191 Å². The van der Waals surface area contributed by atoms with Crippen molar-refractivity contribution in [3.63, 3.8) is 0 Å². The third kappa shape index (κ3) is 5.19. The summed E-state index contributed by atoms with van der Waals surface area (Å²) in [5, 5.41) is 0. The van der Waals surface area contributed by atoms with Gasteiger partial charge in [-0.25, -0.2) is 0 Å². The van der Waals surface area contributed by atoms with Crippen molar-refractivity contribution in [3.8, 4) is 0 Å². The van der Waals surface area contributed by atoms with E-state index < -0.39 is 79.3 Å². The summed E-state index contributed by atoms with van der Waals surface area (Å²) in [6.07, 6.45) is -11.5. The molecule has 0 spiro atoms. The van der Waals surface area contributed by atoms with E-state index in [2.05, 4.69) is 6.58 Å². The molecule has 0 aromatic heterocycles. The van der Waals surface area contributed by atoms with Gasteiger partial charge in [-0.3, -0.25) is 4.79 Å². The zero-order chi connectivity index (χ0) is 29.4. The van der Waals surface area contributed by atoms with Gasteiger partial charge in [0.05, 0.1) is 0 Å². The Balaban J connectivity index is 6.12. The highest BCUT2D eigenvalue weighted by Gasteiger charge is 2.95. The molecule has 0 heterocycles. The molecule has 1 amide bonds. The van der Waals surface area contributed by atoms with E-state index in [9.17, 15) is 79.4 Å². The highest BCUT2D eigenvalue weighted by atomic mass is 19.4. The first kappa shape index (κ1) is 34.0. The number of amides is 1. The minimum atomic E-state index is -8.63. The number of hydrogen-bond donors (Lipinski definition) is 0. The van der Waals surface area contributed by atoms with E-state index in [0.29, 0.717) is 0 Å². The molecule has 0 saturated carbocycles. The maximum Gasteiger partial charge on any atom is 0.460 e. The molecule has 0 unspecified atom stereocenters. The van der Waals surface area contributed by atoms with Gasteiger partial charge in [-0.1, -0.05) is 6.58 Å². The number of unbranched alkanes of at least 4 members (excludes halogenated alkanes) is 1. The van der Waals surface area contributed by atoms with Crippen molar-refractivity contribution in [3.05, 3.63) is 12.7 Å². The van der Waals surface area contributed by atoms with Gasteiger partial charge < -0.3 is 4.90 Å². The molecule has 0 aromatic rings. The Morgan fingerprint density at radius 2 is 1.00 bits per heavy atom. The molecule has 0 fully saturated rings. The van der Waals surface area contributed by atoms with Crippen LogP contribution in [0.25, 0.3) is 0 Å². The second-order valence-electron chi connectivity index (χ2n) is 7.23. The maximum absolute atomic E-state index is 13.7. The Hall–Kier alpha value is -1.98. The molecule has 0 aliphatic heterocycles. The average Bonchev–Trinajstić information content (AvgIpc) is 2.71. The van der Waals surface area contributed by atoms with Gasteiger partial charge in [-0.15, -0.1) is 0 Å². The molecule has 214 valence electrons. The lowest BCUT2D eigenvalue weighted by Crippen LogP contribution is -2.74. The van der Waals surface area contributed by atoms with Gasteiger partial charge in [0.25, 0.3) is 0 Å². The van der Waals surface area contributed by atoms with Crippen molar-refractivity contribution in [2.45, 2.75) is 73.8 Å². The van der Waals surface area contributed by atoms with Gasteiger partial charge in [-0.05, 0) is 25.8 Å². The molecule has 0 aliphatic rings. The van der Waals surface area contributed by atoms with Crippen molar-refractivity contribution in [1.29, 1.82) is 0 Å². The summed E-state index contributed by atoms with van der Waals surface area (Å²) < 4.78 is 224. The molecule has 0 bridgehead atoms. The van der Waals surface area contributed by atoms with E-state index in [1.807, 2.05) is 0 Å². The van der Waals surface area contributed by atoms with E-state index in [0.717, 1.165) is 11.0 Å². The third-order valence-electron chi connectivity index (χ3n) is 4.82. The minimum Gasteiger partial charge on any atom is -0.339 e. The van der Waals surface area contributed by atoms with Crippen LogP contribution in [0.2, 0.25) is 0 Å². The summed E-state index contributed by atoms with van der Waals surface area (Å²) in [5.74, 6) is -57.1. The third-order valence-corrected chi connectivity index (χ3v) is 4.82. The number of halogens is 17. The van der Waals surface area contributed by atoms with E-state index in [1.165, 1.54) is 6.92 Å².